The molecule has 3 N–H and O–H groups in total. The highest BCUT2D eigenvalue weighted by molar-refractivity contribution is 6.30. The van der Waals surface area contributed by atoms with Crippen LogP contribution in [0, 0.1) is 0 Å². The van der Waals surface area contributed by atoms with Crippen molar-refractivity contribution in [2.24, 2.45) is 0 Å². The van der Waals surface area contributed by atoms with E-state index in [-0.39, 0.29) is 17.0 Å². The van der Waals surface area contributed by atoms with Gasteiger partial charge in [0, 0.05) is 34.9 Å². The van der Waals surface area contributed by atoms with E-state index in [0.717, 1.165) is 49.8 Å². The summed E-state index contributed by atoms with van der Waals surface area (Å²) in [4.78, 5) is 25.3. The third-order valence-corrected chi connectivity index (χ3v) is 7.10. The van der Waals surface area contributed by atoms with Crippen molar-refractivity contribution in [2.75, 3.05) is 11.6 Å². The molecule has 0 atom stereocenters. The lowest BCUT2D eigenvalue weighted by molar-refractivity contribution is 0.0504. The first-order valence-corrected chi connectivity index (χ1v) is 13.3. The summed E-state index contributed by atoms with van der Waals surface area (Å²) in [5.74, 6) is 0.650. The van der Waals surface area contributed by atoms with E-state index >= 15 is 0 Å². The number of nitrogens with one attached hydrogen (secondary N) is 3. The van der Waals surface area contributed by atoms with E-state index < -0.39 is 11.7 Å². The quantitative estimate of drug-likeness (QED) is 0.467. The Morgan fingerprint density at radius 2 is 2.00 bits per heavy atom. The fraction of sp³-hybridized carbons (Fsp3) is 0.519. The zero-order chi connectivity index (χ0) is 26.6. The van der Waals surface area contributed by atoms with Crippen LogP contribution in [0.3, 0.4) is 0 Å². The molecule has 1 fully saturated rings. The third-order valence-electron chi connectivity index (χ3n) is 6.86. The standard InChI is InChI=1S/C27H37ClN6O3/c1-5-7-21-17-33(32-30-21)23-10-11-24(35)34(31-23)22-12-14-27(15-13-22,19-8-6-9-20(28)16-19)18-29-25(36)37-26(2,3)4/h6,8-11,16-17,22,30,32H,5,7,12-15,18H2,1-4H3,(H,29,36). The van der Waals surface area contributed by atoms with E-state index in [4.69, 9.17) is 21.4 Å². The number of benzene rings is 1. The predicted molar refractivity (Wildman–Crippen MR) is 145 cm³/mol. The molecule has 1 aromatic carbocycles. The lowest BCUT2D eigenvalue weighted by Crippen LogP contribution is -2.45. The van der Waals surface area contributed by atoms with Crippen LogP contribution in [0.25, 0.3) is 0 Å². The number of halogens is 1. The molecule has 0 unspecified atom stereocenters. The molecule has 1 saturated carbocycles. The molecule has 2 aliphatic rings. The van der Waals surface area contributed by atoms with Gasteiger partial charge in [-0.3, -0.25) is 4.79 Å². The first kappa shape index (κ1) is 27.0. The van der Waals surface area contributed by atoms with Gasteiger partial charge in [0.15, 0.2) is 5.82 Å². The van der Waals surface area contributed by atoms with E-state index in [0.29, 0.717) is 17.4 Å². The molecule has 0 spiro atoms. The highest BCUT2D eigenvalue weighted by Gasteiger charge is 2.39. The predicted octanol–water partition coefficient (Wildman–Crippen LogP) is 4.95. The molecule has 37 heavy (non-hydrogen) atoms. The van der Waals surface area contributed by atoms with E-state index in [9.17, 15) is 9.59 Å². The van der Waals surface area contributed by atoms with Crippen LogP contribution >= 0.6 is 11.6 Å². The smallest absolute Gasteiger partial charge is 0.407 e. The van der Waals surface area contributed by atoms with Crippen molar-refractivity contribution >= 4 is 23.5 Å². The first-order valence-electron chi connectivity index (χ1n) is 12.9. The van der Waals surface area contributed by atoms with Crippen LogP contribution in [0.2, 0.25) is 5.02 Å². The fourth-order valence-electron chi connectivity index (χ4n) is 5.02. The van der Waals surface area contributed by atoms with Gasteiger partial charge in [-0.1, -0.05) is 37.1 Å². The number of aromatic nitrogens is 2. The van der Waals surface area contributed by atoms with E-state index in [1.807, 2.05) is 45.2 Å². The Morgan fingerprint density at radius 3 is 2.68 bits per heavy atom. The van der Waals surface area contributed by atoms with Gasteiger partial charge in [0.1, 0.15) is 5.60 Å². The van der Waals surface area contributed by atoms with E-state index in [1.54, 1.807) is 21.8 Å². The second kappa shape index (κ2) is 11.1. The number of carbonyl (C=O) groups excluding carboxylic acids is 1. The number of ether oxygens (including phenoxy) is 1. The minimum absolute atomic E-state index is 0.0454. The number of allylic oxidation sites excluding steroid dienone is 1. The van der Waals surface area contributed by atoms with Gasteiger partial charge >= 0.3 is 6.09 Å². The van der Waals surface area contributed by atoms with Crippen LogP contribution in [0.1, 0.15) is 77.8 Å². The molecule has 9 nitrogen and oxygen atoms in total. The molecule has 4 rings (SSSR count). The Kier molecular flexibility index (Phi) is 8.14. The van der Waals surface area contributed by atoms with Crippen LogP contribution in [0.5, 0.6) is 0 Å². The second-order valence-corrected chi connectivity index (χ2v) is 11.3. The molecule has 2 heterocycles. The maximum Gasteiger partial charge on any atom is 0.407 e. The van der Waals surface area contributed by atoms with Crippen molar-refractivity contribution in [1.29, 1.82) is 0 Å². The van der Waals surface area contributed by atoms with Gasteiger partial charge in [0.05, 0.1) is 6.04 Å². The van der Waals surface area contributed by atoms with E-state index in [1.165, 1.54) is 0 Å². The Balaban J connectivity index is 1.52. The zero-order valence-corrected chi connectivity index (χ0v) is 22.8. The molecule has 1 aromatic heterocycles. The Bertz CT molecular complexity index is 1200. The Morgan fingerprint density at radius 1 is 1.24 bits per heavy atom. The Labute approximate surface area is 223 Å². The molecule has 10 heteroatoms. The summed E-state index contributed by atoms with van der Waals surface area (Å²) in [6, 6.07) is 11.1. The van der Waals surface area contributed by atoms with Gasteiger partial charge in [-0.05, 0) is 76.6 Å². The lowest BCUT2D eigenvalue weighted by Gasteiger charge is -2.41. The largest absolute Gasteiger partial charge is 0.444 e. The maximum absolute atomic E-state index is 12.8. The monoisotopic (exact) mass is 528 g/mol. The first-order chi connectivity index (χ1) is 17.6. The van der Waals surface area contributed by atoms with Gasteiger partial charge in [0.25, 0.3) is 5.56 Å². The molecule has 2 aromatic rings. The van der Waals surface area contributed by atoms with E-state index in [2.05, 4.69) is 29.3 Å². The number of nitrogens with zero attached hydrogens (tertiary/aromatic N) is 3. The summed E-state index contributed by atoms with van der Waals surface area (Å²) in [7, 11) is 0. The van der Waals surface area contributed by atoms with Gasteiger partial charge in [-0.15, -0.1) is 10.6 Å². The third kappa shape index (κ3) is 6.64. The topological polar surface area (TPSA) is 101 Å². The van der Waals surface area contributed by atoms with Crippen LogP contribution in [-0.4, -0.2) is 28.0 Å². The molecule has 1 aliphatic carbocycles. The Hall–Kier alpha value is -3.04. The highest BCUT2D eigenvalue weighted by Crippen LogP contribution is 2.43. The minimum atomic E-state index is -0.574. The molecule has 200 valence electrons. The normalized spacial score (nSPS) is 21.8. The van der Waals surface area contributed by atoms with Crippen molar-refractivity contribution < 1.29 is 9.53 Å². The van der Waals surface area contributed by atoms with Crippen LogP contribution < -0.4 is 26.8 Å². The molecule has 0 radical (unpaired) electrons. The maximum atomic E-state index is 12.8. The molecule has 1 amide bonds. The lowest BCUT2D eigenvalue weighted by atomic mass is 9.68. The highest BCUT2D eigenvalue weighted by atomic mass is 35.5. The summed E-state index contributed by atoms with van der Waals surface area (Å²) in [6.45, 7) is 8.08. The van der Waals surface area contributed by atoms with Crippen molar-refractivity contribution in [1.82, 2.24) is 26.1 Å². The number of hydrogen-bond acceptors (Lipinski definition) is 7. The van der Waals surface area contributed by atoms with Gasteiger partial charge < -0.3 is 15.5 Å². The molecule has 1 aliphatic heterocycles. The average Bonchev–Trinajstić information content (AvgIpc) is 3.31. The summed E-state index contributed by atoms with van der Waals surface area (Å²) < 4.78 is 7.08. The average molecular weight is 529 g/mol. The number of anilines is 1. The van der Waals surface area contributed by atoms with Crippen molar-refractivity contribution in [2.45, 2.75) is 83.3 Å². The second-order valence-electron chi connectivity index (χ2n) is 10.9. The molecule has 0 saturated heterocycles. The number of hydrazine groups is 2. The van der Waals surface area contributed by atoms with Crippen molar-refractivity contribution in [3.63, 3.8) is 0 Å². The van der Waals surface area contributed by atoms with Crippen molar-refractivity contribution in [3.8, 4) is 0 Å². The number of carbonyl (C=O) groups is 1. The van der Waals surface area contributed by atoms with Gasteiger partial charge in [0.2, 0.25) is 0 Å². The van der Waals surface area contributed by atoms with Crippen molar-refractivity contribution in [3.05, 3.63) is 69.2 Å². The number of hydrogen-bond donors (Lipinski definition) is 3. The van der Waals surface area contributed by atoms with Gasteiger partial charge in [-0.25, -0.2) is 14.5 Å². The molecular formula is C27H37ClN6O3. The number of rotatable bonds is 7. The van der Waals surface area contributed by atoms with Gasteiger partial charge in [-0.2, -0.15) is 0 Å². The molecule has 0 bridgehead atoms. The van der Waals surface area contributed by atoms with Crippen LogP contribution in [0.15, 0.2) is 53.1 Å². The zero-order valence-electron chi connectivity index (χ0n) is 22.0. The minimum Gasteiger partial charge on any atom is -0.444 e. The summed E-state index contributed by atoms with van der Waals surface area (Å²) in [5.41, 5.74) is 7.36. The summed E-state index contributed by atoms with van der Waals surface area (Å²) in [5, 5.41) is 10.1. The number of alkyl carbamates (subject to hydrolysis) is 1. The van der Waals surface area contributed by atoms with Crippen LogP contribution in [0.4, 0.5) is 10.6 Å². The SMILES string of the molecule is CCCC1=CN(c2ccc(=O)n(C3CCC(CNC(=O)OC(C)(C)C)(c4cccc(Cl)c4)CC3)n2)NN1. The summed E-state index contributed by atoms with van der Waals surface area (Å²) >= 11 is 6.34. The molecular weight excluding hydrogens is 492 g/mol. The number of amides is 1. The van der Waals surface area contributed by atoms with Crippen LogP contribution in [-0.2, 0) is 10.2 Å². The summed E-state index contributed by atoms with van der Waals surface area (Å²) in [6.07, 6.45) is 6.47. The fourth-order valence-corrected chi connectivity index (χ4v) is 5.21.